The summed E-state index contributed by atoms with van der Waals surface area (Å²) < 4.78 is 13.0. The Morgan fingerprint density at radius 2 is 1.82 bits per heavy atom. The third-order valence-corrected chi connectivity index (χ3v) is 5.45. The Morgan fingerprint density at radius 1 is 1.03 bits per heavy atom. The van der Waals surface area contributed by atoms with Gasteiger partial charge in [-0.1, -0.05) is 17.7 Å². The zero-order chi connectivity index (χ0) is 22.9. The van der Waals surface area contributed by atoms with Crippen molar-refractivity contribution in [1.29, 1.82) is 0 Å². The number of carbonyl (C=O) groups excluding carboxylic acids is 1. The number of aromatic nitrogens is 3. The van der Waals surface area contributed by atoms with Crippen LogP contribution in [0.4, 0.5) is 5.69 Å². The predicted octanol–water partition coefficient (Wildman–Crippen LogP) is 2.63. The van der Waals surface area contributed by atoms with E-state index >= 15 is 0 Å². The van der Waals surface area contributed by atoms with Crippen LogP contribution in [0.5, 0.6) is 11.5 Å². The highest BCUT2D eigenvalue weighted by molar-refractivity contribution is 6.30. The molecule has 0 aliphatic carbocycles. The summed E-state index contributed by atoms with van der Waals surface area (Å²) in [5.74, 6) is 0.711. The van der Waals surface area contributed by atoms with Crippen molar-refractivity contribution in [2.45, 2.75) is 13.1 Å². The molecule has 1 aliphatic rings. The number of amides is 1. The molecule has 0 saturated carbocycles. The number of halogens is 1. The molecule has 9 nitrogen and oxygen atoms in total. The van der Waals surface area contributed by atoms with Crippen molar-refractivity contribution < 1.29 is 14.3 Å². The molecule has 10 heteroatoms. The molecule has 2 aromatic heterocycles. The molecule has 5 rings (SSSR count). The van der Waals surface area contributed by atoms with Gasteiger partial charge in [0.2, 0.25) is 12.7 Å². The zero-order valence-corrected chi connectivity index (χ0v) is 17.9. The molecule has 3 heterocycles. The van der Waals surface area contributed by atoms with Gasteiger partial charge in [-0.25, -0.2) is 9.78 Å². The summed E-state index contributed by atoms with van der Waals surface area (Å²) >= 11 is 5.88. The molecule has 0 radical (unpaired) electrons. The van der Waals surface area contributed by atoms with Crippen LogP contribution in [0.1, 0.15) is 5.56 Å². The van der Waals surface area contributed by atoms with Crippen LogP contribution in [-0.4, -0.2) is 26.8 Å². The molecule has 0 bridgehead atoms. The molecule has 166 valence electrons. The highest BCUT2D eigenvalue weighted by Crippen LogP contribution is 2.32. The Hall–Kier alpha value is -4.11. The number of ether oxygens (including phenoxy) is 2. The Labute approximate surface area is 191 Å². The van der Waals surface area contributed by atoms with Gasteiger partial charge < -0.3 is 14.8 Å². The van der Waals surface area contributed by atoms with Crippen molar-refractivity contribution in [3.05, 3.63) is 92.2 Å². The predicted molar refractivity (Wildman–Crippen MR) is 122 cm³/mol. The van der Waals surface area contributed by atoms with Crippen molar-refractivity contribution in [3.63, 3.8) is 0 Å². The number of hydrogen-bond acceptors (Lipinski definition) is 6. The van der Waals surface area contributed by atoms with Crippen molar-refractivity contribution in [2.75, 3.05) is 12.1 Å². The van der Waals surface area contributed by atoms with E-state index in [2.05, 4.69) is 10.3 Å². The van der Waals surface area contributed by atoms with E-state index in [-0.39, 0.29) is 30.9 Å². The molecule has 0 atom stereocenters. The van der Waals surface area contributed by atoms with Gasteiger partial charge >= 0.3 is 5.69 Å². The lowest BCUT2D eigenvalue weighted by atomic mass is 10.2. The number of fused-ring (bicyclic) bond motifs is 2. The lowest BCUT2D eigenvalue weighted by Gasteiger charge is -2.14. The van der Waals surface area contributed by atoms with Crippen LogP contribution in [-0.2, 0) is 17.9 Å². The summed E-state index contributed by atoms with van der Waals surface area (Å²) in [4.78, 5) is 43.2. The van der Waals surface area contributed by atoms with Crippen molar-refractivity contribution in [1.82, 2.24) is 14.1 Å². The summed E-state index contributed by atoms with van der Waals surface area (Å²) in [6.07, 6.45) is 1.47. The van der Waals surface area contributed by atoms with Gasteiger partial charge in [0.1, 0.15) is 6.54 Å². The second kappa shape index (κ2) is 8.44. The number of pyridine rings is 1. The molecule has 1 aliphatic heterocycles. The first-order valence-corrected chi connectivity index (χ1v) is 10.4. The van der Waals surface area contributed by atoms with Crippen LogP contribution in [0, 0.1) is 0 Å². The molecule has 0 fully saturated rings. The molecule has 0 saturated heterocycles. The molecule has 0 spiro atoms. The first-order valence-electron chi connectivity index (χ1n) is 10.0. The van der Waals surface area contributed by atoms with Gasteiger partial charge in [0.15, 0.2) is 17.0 Å². The molecular formula is C23H17ClN4O5. The van der Waals surface area contributed by atoms with Gasteiger partial charge in [-0.2, -0.15) is 0 Å². The van der Waals surface area contributed by atoms with Gasteiger partial charge in [0, 0.05) is 16.9 Å². The minimum absolute atomic E-state index is 0.0143. The number of benzene rings is 2. The van der Waals surface area contributed by atoms with Crippen LogP contribution >= 0.6 is 11.6 Å². The largest absolute Gasteiger partial charge is 0.454 e. The summed E-state index contributed by atoms with van der Waals surface area (Å²) in [6.45, 7) is -0.196. The molecule has 33 heavy (non-hydrogen) atoms. The van der Waals surface area contributed by atoms with Gasteiger partial charge in [-0.15, -0.1) is 0 Å². The van der Waals surface area contributed by atoms with Crippen molar-refractivity contribution >= 4 is 34.2 Å². The van der Waals surface area contributed by atoms with E-state index in [1.807, 2.05) is 0 Å². The SMILES string of the molecule is O=C(Cn1c(=O)n(Cc2ccc3c(c2)OCO3)c(=O)c2ncccc21)Nc1ccc(Cl)cc1. The van der Waals surface area contributed by atoms with Gasteiger partial charge in [0.05, 0.1) is 12.1 Å². The molecule has 1 N–H and O–H groups in total. The first-order chi connectivity index (χ1) is 16.0. The van der Waals surface area contributed by atoms with E-state index in [4.69, 9.17) is 21.1 Å². The van der Waals surface area contributed by atoms with E-state index in [9.17, 15) is 14.4 Å². The van der Waals surface area contributed by atoms with Crippen LogP contribution < -0.4 is 26.0 Å². The zero-order valence-electron chi connectivity index (χ0n) is 17.2. The lowest BCUT2D eigenvalue weighted by Crippen LogP contribution is -2.42. The second-order valence-corrected chi connectivity index (χ2v) is 7.81. The molecule has 1 amide bonds. The fourth-order valence-electron chi connectivity index (χ4n) is 3.63. The summed E-state index contributed by atoms with van der Waals surface area (Å²) in [5, 5.41) is 3.26. The topological polar surface area (TPSA) is 104 Å². The Morgan fingerprint density at radius 3 is 2.64 bits per heavy atom. The minimum Gasteiger partial charge on any atom is -0.454 e. The molecule has 4 aromatic rings. The van der Waals surface area contributed by atoms with Crippen LogP contribution in [0.2, 0.25) is 5.02 Å². The monoisotopic (exact) mass is 464 g/mol. The molecule has 2 aromatic carbocycles. The third kappa shape index (κ3) is 4.06. The minimum atomic E-state index is -0.621. The average molecular weight is 465 g/mol. The van der Waals surface area contributed by atoms with Gasteiger partial charge in [0.25, 0.3) is 5.56 Å². The second-order valence-electron chi connectivity index (χ2n) is 7.37. The standard InChI is InChI=1S/C23H17ClN4O5/c24-15-4-6-16(7-5-15)26-20(29)12-27-17-2-1-9-25-21(17)22(30)28(23(27)31)11-14-3-8-18-19(10-14)33-13-32-18/h1-10H,11-13H2,(H,26,29). The maximum absolute atomic E-state index is 13.3. The van der Waals surface area contributed by atoms with E-state index in [0.29, 0.717) is 27.8 Å². The fraction of sp³-hybridized carbons (Fsp3) is 0.130. The van der Waals surface area contributed by atoms with Crippen LogP contribution in [0.15, 0.2) is 70.4 Å². The number of rotatable bonds is 5. The highest BCUT2D eigenvalue weighted by Gasteiger charge is 2.18. The van der Waals surface area contributed by atoms with E-state index in [1.165, 1.54) is 10.8 Å². The van der Waals surface area contributed by atoms with E-state index < -0.39 is 17.2 Å². The number of carbonyl (C=O) groups is 1. The quantitative estimate of drug-likeness (QED) is 0.487. The summed E-state index contributed by atoms with van der Waals surface area (Å²) in [5.41, 5.74) is 0.421. The van der Waals surface area contributed by atoms with Crippen molar-refractivity contribution in [3.8, 4) is 11.5 Å². The number of nitrogens with one attached hydrogen (secondary N) is 1. The third-order valence-electron chi connectivity index (χ3n) is 5.19. The van der Waals surface area contributed by atoms with Crippen molar-refractivity contribution in [2.24, 2.45) is 0 Å². The fourth-order valence-corrected chi connectivity index (χ4v) is 3.76. The average Bonchev–Trinajstić information content (AvgIpc) is 3.29. The maximum Gasteiger partial charge on any atom is 0.332 e. The number of hydrogen-bond donors (Lipinski definition) is 1. The molecule has 0 unspecified atom stereocenters. The maximum atomic E-state index is 13.3. The summed E-state index contributed by atoms with van der Waals surface area (Å²) in [7, 11) is 0. The Kier molecular flexibility index (Phi) is 5.31. The van der Waals surface area contributed by atoms with E-state index in [1.54, 1.807) is 54.6 Å². The van der Waals surface area contributed by atoms with Crippen LogP contribution in [0.25, 0.3) is 11.0 Å². The summed E-state index contributed by atoms with van der Waals surface area (Å²) in [6, 6.07) is 15.0. The first kappa shape index (κ1) is 20.8. The normalized spacial score (nSPS) is 12.2. The highest BCUT2D eigenvalue weighted by atomic mass is 35.5. The van der Waals surface area contributed by atoms with Gasteiger partial charge in [-0.05, 0) is 54.1 Å². The number of anilines is 1. The Bertz CT molecular complexity index is 1490. The lowest BCUT2D eigenvalue weighted by molar-refractivity contribution is -0.116. The van der Waals surface area contributed by atoms with E-state index in [0.717, 1.165) is 4.57 Å². The number of nitrogens with zero attached hydrogens (tertiary/aromatic N) is 3. The Balaban J connectivity index is 1.52. The van der Waals surface area contributed by atoms with Crippen LogP contribution in [0.3, 0.4) is 0 Å². The molecular weight excluding hydrogens is 448 g/mol. The smallest absolute Gasteiger partial charge is 0.332 e. The van der Waals surface area contributed by atoms with Gasteiger partial charge in [-0.3, -0.25) is 18.7 Å².